The van der Waals surface area contributed by atoms with Gasteiger partial charge in [0, 0.05) is 16.5 Å². The minimum atomic E-state index is -0.101. The Balaban J connectivity index is 2.40. The molecule has 1 fully saturated rings. The van der Waals surface area contributed by atoms with Gasteiger partial charge in [-0.15, -0.1) is 0 Å². The van der Waals surface area contributed by atoms with Crippen LogP contribution in [0.25, 0.3) is 0 Å². The molecule has 0 amide bonds. The van der Waals surface area contributed by atoms with Crippen molar-refractivity contribution in [2.24, 2.45) is 5.84 Å². The van der Waals surface area contributed by atoms with Crippen LogP contribution in [0.15, 0.2) is 0 Å². The second-order valence-electron chi connectivity index (χ2n) is 6.80. The highest BCUT2D eigenvalue weighted by molar-refractivity contribution is 5.58. The topological polar surface area (TPSA) is 75.9 Å². The Kier molecular flexibility index (Phi) is 3.43. The van der Waals surface area contributed by atoms with Gasteiger partial charge in [0.05, 0.1) is 0 Å². The maximum Gasteiger partial charge on any atom is 0.148 e. The molecule has 0 aromatic carbocycles. The zero-order valence-corrected chi connectivity index (χ0v) is 12.6. The van der Waals surface area contributed by atoms with Crippen LogP contribution in [0.1, 0.15) is 58.3 Å². The molecular weight excluding hydrogens is 238 g/mol. The Labute approximate surface area is 115 Å². The highest BCUT2D eigenvalue weighted by Gasteiger charge is 2.33. The molecule has 0 radical (unpaired) electrons. The lowest BCUT2D eigenvalue weighted by Gasteiger charge is -2.40. The van der Waals surface area contributed by atoms with Crippen LogP contribution < -0.4 is 16.6 Å². The molecule has 1 aliphatic carbocycles. The summed E-state index contributed by atoms with van der Waals surface area (Å²) in [6.07, 6.45) is 3.65. The van der Waals surface area contributed by atoms with Crippen LogP contribution in [0, 0.1) is 6.92 Å². The summed E-state index contributed by atoms with van der Waals surface area (Å²) >= 11 is 0. The van der Waals surface area contributed by atoms with E-state index in [2.05, 4.69) is 43.4 Å². The molecule has 0 spiro atoms. The molecule has 0 atom stereocenters. The molecule has 0 unspecified atom stereocenters. The van der Waals surface area contributed by atoms with E-state index in [1.807, 2.05) is 6.92 Å². The molecule has 2 rings (SSSR count). The molecule has 1 aromatic heterocycles. The molecule has 19 heavy (non-hydrogen) atoms. The molecule has 106 valence electrons. The van der Waals surface area contributed by atoms with Gasteiger partial charge >= 0.3 is 0 Å². The van der Waals surface area contributed by atoms with Gasteiger partial charge in [0.1, 0.15) is 17.5 Å². The van der Waals surface area contributed by atoms with Gasteiger partial charge in [-0.3, -0.25) is 0 Å². The second kappa shape index (κ2) is 4.63. The Morgan fingerprint density at radius 1 is 1.16 bits per heavy atom. The smallest absolute Gasteiger partial charge is 0.148 e. The number of rotatable bonds is 3. The van der Waals surface area contributed by atoms with Gasteiger partial charge in [0.2, 0.25) is 0 Å². The second-order valence-corrected chi connectivity index (χ2v) is 6.80. The van der Waals surface area contributed by atoms with Gasteiger partial charge in [-0.2, -0.15) is 0 Å². The van der Waals surface area contributed by atoms with Gasteiger partial charge in [-0.25, -0.2) is 15.8 Å². The summed E-state index contributed by atoms with van der Waals surface area (Å²) in [6.45, 7) is 10.5. The fourth-order valence-corrected chi connectivity index (χ4v) is 2.23. The van der Waals surface area contributed by atoms with E-state index in [9.17, 15) is 0 Å². The first-order valence-corrected chi connectivity index (χ1v) is 6.89. The third kappa shape index (κ3) is 2.81. The summed E-state index contributed by atoms with van der Waals surface area (Å²) in [5, 5.41) is 3.56. The van der Waals surface area contributed by atoms with Crippen molar-refractivity contribution < 1.29 is 0 Å². The van der Waals surface area contributed by atoms with Crippen molar-refractivity contribution >= 4 is 11.6 Å². The van der Waals surface area contributed by atoms with Crippen LogP contribution in [0.5, 0.6) is 0 Å². The van der Waals surface area contributed by atoms with Crippen molar-refractivity contribution in [1.82, 2.24) is 9.97 Å². The first-order chi connectivity index (χ1) is 8.75. The molecule has 0 saturated heterocycles. The number of anilines is 2. The SMILES string of the molecule is Cc1c(NN)nc(C(C)(C)C)nc1NC1(C)CCC1. The summed E-state index contributed by atoms with van der Waals surface area (Å²) in [7, 11) is 0. The van der Waals surface area contributed by atoms with Crippen molar-refractivity contribution in [3.05, 3.63) is 11.4 Å². The summed E-state index contributed by atoms with van der Waals surface area (Å²) in [6, 6.07) is 0. The predicted octanol–water partition coefficient (Wildman–Crippen LogP) is 2.72. The minimum absolute atomic E-state index is 0.101. The summed E-state index contributed by atoms with van der Waals surface area (Å²) < 4.78 is 0. The quantitative estimate of drug-likeness (QED) is 0.577. The van der Waals surface area contributed by atoms with Gasteiger partial charge in [-0.05, 0) is 33.1 Å². The normalized spacial score (nSPS) is 17.8. The van der Waals surface area contributed by atoms with E-state index >= 15 is 0 Å². The molecular formula is C14H25N5. The molecule has 0 bridgehead atoms. The fraction of sp³-hybridized carbons (Fsp3) is 0.714. The number of hydrogen-bond acceptors (Lipinski definition) is 5. The average Bonchev–Trinajstić information content (AvgIpc) is 2.28. The zero-order chi connectivity index (χ0) is 14.3. The van der Waals surface area contributed by atoms with Crippen molar-refractivity contribution in [2.75, 3.05) is 10.7 Å². The van der Waals surface area contributed by atoms with Crippen molar-refractivity contribution in [3.8, 4) is 0 Å². The Hall–Kier alpha value is -1.36. The maximum absolute atomic E-state index is 5.57. The first-order valence-electron chi connectivity index (χ1n) is 6.89. The van der Waals surface area contributed by atoms with Crippen LogP contribution in [0.4, 0.5) is 11.6 Å². The summed E-state index contributed by atoms with van der Waals surface area (Å²) in [5.74, 6) is 7.97. The maximum atomic E-state index is 5.57. The molecule has 4 N–H and O–H groups in total. The van der Waals surface area contributed by atoms with E-state index in [1.165, 1.54) is 19.3 Å². The highest BCUT2D eigenvalue weighted by atomic mass is 15.3. The number of nitrogens with two attached hydrogens (primary N) is 1. The molecule has 1 aliphatic rings. The number of aromatic nitrogens is 2. The third-order valence-corrected chi connectivity index (χ3v) is 3.83. The lowest BCUT2D eigenvalue weighted by molar-refractivity contribution is 0.305. The van der Waals surface area contributed by atoms with Gasteiger partial charge in [-0.1, -0.05) is 20.8 Å². The molecule has 1 heterocycles. The van der Waals surface area contributed by atoms with Crippen LogP contribution in [0.2, 0.25) is 0 Å². The lowest BCUT2D eigenvalue weighted by Crippen LogP contribution is -2.42. The summed E-state index contributed by atoms with van der Waals surface area (Å²) in [4.78, 5) is 9.21. The van der Waals surface area contributed by atoms with E-state index in [4.69, 9.17) is 10.8 Å². The molecule has 1 saturated carbocycles. The monoisotopic (exact) mass is 263 g/mol. The van der Waals surface area contributed by atoms with E-state index in [0.717, 1.165) is 17.2 Å². The van der Waals surface area contributed by atoms with Crippen LogP contribution in [-0.2, 0) is 5.41 Å². The Bertz CT molecular complexity index is 471. The summed E-state index contributed by atoms with van der Waals surface area (Å²) in [5.41, 5.74) is 3.72. The van der Waals surface area contributed by atoms with Crippen LogP contribution >= 0.6 is 0 Å². The van der Waals surface area contributed by atoms with Crippen molar-refractivity contribution in [1.29, 1.82) is 0 Å². The predicted molar refractivity (Wildman–Crippen MR) is 79.2 cm³/mol. The fourth-order valence-electron chi connectivity index (χ4n) is 2.23. The van der Waals surface area contributed by atoms with E-state index in [0.29, 0.717) is 5.82 Å². The third-order valence-electron chi connectivity index (χ3n) is 3.83. The average molecular weight is 263 g/mol. The van der Waals surface area contributed by atoms with Crippen molar-refractivity contribution in [2.45, 2.75) is 64.8 Å². The standard InChI is InChI=1S/C14H25N5/c1-9-10(18-14(5)7-6-8-14)16-12(13(2,3)4)17-11(9)19-15/h6-8,15H2,1-5H3,(H2,16,17,18,19). The molecule has 1 aromatic rings. The number of hydrogen-bond donors (Lipinski definition) is 3. The largest absolute Gasteiger partial charge is 0.365 e. The van der Waals surface area contributed by atoms with Crippen LogP contribution in [-0.4, -0.2) is 15.5 Å². The number of nitrogen functional groups attached to an aromatic ring is 1. The minimum Gasteiger partial charge on any atom is -0.365 e. The highest BCUT2D eigenvalue weighted by Crippen LogP contribution is 2.36. The number of nitrogens with zero attached hydrogens (tertiary/aromatic N) is 2. The van der Waals surface area contributed by atoms with Crippen LogP contribution in [0.3, 0.4) is 0 Å². The van der Waals surface area contributed by atoms with Gasteiger partial charge < -0.3 is 10.7 Å². The van der Waals surface area contributed by atoms with E-state index in [1.54, 1.807) is 0 Å². The zero-order valence-electron chi connectivity index (χ0n) is 12.6. The Morgan fingerprint density at radius 3 is 2.16 bits per heavy atom. The van der Waals surface area contributed by atoms with E-state index < -0.39 is 0 Å². The van der Waals surface area contributed by atoms with Gasteiger partial charge in [0.25, 0.3) is 0 Å². The lowest BCUT2D eigenvalue weighted by atomic mass is 9.78. The number of hydrazine groups is 1. The Morgan fingerprint density at radius 2 is 1.74 bits per heavy atom. The molecule has 5 nitrogen and oxygen atoms in total. The van der Waals surface area contributed by atoms with Gasteiger partial charge in [0.15, 0.2) is 0 Å². The molecule has 5 heteroatoms. The molecule has 0 aliphatic heterocycles. The number of nitrogens with one attached hydrogen (secondary N) is 2. The first kappa shape index (κ1) is 14.1. The van der Waals surface area contributed by atoms with E-state index in [-0.39, 0.29) is 11.0 Å². The van der Waals surface area contributed by atoms with Crippen molar-refractivity contribution in [3.63, 3.8) is 0 Å².